The number of halogens is 3. The van der Waals surface area contributed by atoms with Crippen molar-refractivity contribution in [1.29, 1.82) is 0 Å². The average Bonchev–Trinajstić information content (AvgIpc) is 2.74. The van der Waals surface area contributed by atoms with Crippen LogP contribution in [0, 0.1) is 0 Å². The zero-order valence-electron chi connectivity index (χ0n) is 14.1. The van der Waals surface area contributed by atoms with Gasteiger partial charge in [0.15, 0.2) is 5.69 Å². The third-order valence-electron chi connectivity index (χ3n) is 3.10. The lowest BCUT2D eigenvalue weighted by Gasteiger charge is -2.21. The van der Waals surface area contributed by atoms with Gasteiger partial charge in [-0.15, -0.1) is 0 Å². The highest BCUT2D eigenvalue weighted by atomic mass is 19.4. The molecule has 1 aromatic heterocycles. The number of nitrogens with zero attached hydrogens (tertiary/aromatic N) is 2. The molecule has 1 aliphatic heterocycles. The molecule has 1 aromatic rings. The molecule has 0 spiro atoms. The Kier molecular flexibility index (Phi) is 4.83. The first-order valence-corrected chi connectivity index (χ1v) is 7.42. The number of pyridine rings is 1. The molecule has 0 bridgehead atoms. The van der Waals surface area contributed by atoms with E-state index in [1.807, 2.05) is 0 Å². The normalized spacial score (nSPS) is 18.1. The van der Waals surface area contributed by atoms with Crippen LogP contribution in [0.3, 0.4) is 0 Å². The van der Waals surface area contributed by atoms with Gasteiger partial charge in [-0.25, -0.2) is 14.6 Å². The van der Waals surface area contributed by atoms with Gasteiger partial charge in [-0.2, -0.15) is 13.2 Å². The molecule has 0 radical (unpaired) electrons. The van der Waals surface area contributed by atoms with Crippen LogP contribution in [0.5, 0.6) is 5.75 Å². The Hall–Kier alpha value is -2.52. The molecule has 1 saturated heterocycles. The monoisotopic (exact) mass is 361 g/mol. The minimum Gasteiger partial charge on any atom is -0.447 e. The number of carbonyl (C=O) groups is 2. The molecular formula is C15H18F3N3O4. The fourth-order valence-electron chi connectivity index (χ4n) is 2.09. The van der Waals surface area contributed by atoms with Gasteiger partial charge in [0, 0.05) is 17.7 Å². The quantitative estimate of drug-likeness (QED) is 0.874. The molecule has 7 nitrogen and oxygen atoms in total. The summed E-state index contributed by atoms with van der Waals surface area (Å²) in [5.41, 5.74) is -1.91. The minimum atomic E-state index is -4.78. The van der Waals surface area contributed by atoms with Crippen LogP contribution in [0.25, 0.3) is 0 Å². The van der Waals surface area contributed by atoms with Crippen molar-refractivity contribution >= 4 is 18.0 Å². The van der Waals surface area contributed by atoms with Crippen LogP contribution in [0.15, 0.2) is 12.1 Å². The van der Waals surface area contributed by atoms with Gasteiger partial charge in [0.25, 0.3) is 0 Å². The molecule has 1 N–H and O–H groups in total. The molecule has 0 saturated carbocycles. The highest BCUT2D eigenvalue weighted by molar-refractivity contribution is 5.89. The average molecular weight is 361 g/mol. The second kappa shape index (κ2) is 6.41. The highest BCUT2D eigenvalue weighted by Crippen LogP contribution is 2.34. The van der Waals surface area contributed by atoms with Crippen molar-refractivity contribution in [2.75, 3.05) is 11.5 Å². The number of ether oxygens (including phenoxy) is 2. The summed E-state index contributed by atoms with van der Waals surface area (Å²) in [6.45, 7) is 6.69. The smallest absolute Gasteiger partial charge is 0.433 e. The summed E-state index contributed by atoms with van der Waals surface area (Å²) in [4.78, 5) is 28.0. The summed E-state index contributed by atoms with van der Waals surface area (Å²) in [5.74, 6) is -0.686. The van der Waals surface area contributed by atoms with Gasteiger partial charge >= 0.3 is 18.4 Å². The van der Waals surface area contributed by atoms with Crippen molar-refractivity contribution in [2.45, 2.75) is 45.5 Å². The fourth-order valence-corrected chi connectivity index (χ4v) is 2.09. The lowest BCUT2D eigenvalue weighted by Crippen LogP contribution is -2.42. The summed E-state index contributed by atoms with van der Waals surface area (Å²) in [5, 5.41) is 2.46. The molecule has 1 fully saturated rings. The summed E-state index contributed by atoms with van der Waals surface area (Å²) >= 11 is 0. The summed E-state index contributed by atoms with van der Waals surface area (Å²) in [6.07, 6.45) is -6.51. The third kappa shape index (κ3) is 4.74. The summed E-state index contributed by atoms with van der Waals surface area (Å²) < 4.78 is 49.0. The predicted octanol–water partition coefficient (Wildman–Crippen LogP) is 3.33. The van der Waals surface area contributed by atoms with Crippen molar-refractivity contribution in [1.82, 2.24) is 10.3 Å². The van der Waals surface area contributed by atoms with E-state index < -0.39 is 35.6 Å². The zero-order chi connectivity index (χ0) is 19.0. The van der Waals surface area contributed by atoms with Gasteiger partial charge in [-0.05, 0) is 27.7 Å². The number of nitrogens with one attached hydrogen (secondary N) is 1. The number of cyclic esters (lactones) is 1. The Morgan fingerprint density at radius 2 is 2.00 bits per heavy atom. The molecular weight excluding hydrogens is 343 g/mol. The van der Waals surface area contributed by atoms with Crippen molar-refractivity contribution in [3.05, 3.63) is 17.8 Å². The number of hydrogen-bond acceptors (Lipinski definition) is 5. The number of anilines is 1. The van der Waals surface area contributed by atoms with Crippen molar-refractivity contribution in [2.24, 2.45) is 0 Å². The minimum absolute atomic E-state index is 0.0253. The van der Waals surface area contributed by atoms with Crippen LogP contribution in [-0.4, -0.2) is 35.4 Å². The summed E-state index contributed by atoms with van der Waals surface area (Å²) in [7, 11) is 0. The maximum absolute atomic E-state index is 13.1. The third-order valence-corrected chi connectivity index (χ3v) is 3.10. The topological polar surface area (TPSA) is 80.8 Å². The van der Waals surface area contributed by atoms with Gasteiger partial charge in [0.2, 0.25) is 0 Å². The Bertz CT molecular complexity index is 686. The van der Waals surface area contributed by atoms with E-state index in [0.29, 0.717) is 6.07 Å². The van der Waals surface area contributed by atoms with E-state index in [-0.39, 0.29) is 18.2 Å². The van der Waals surface area contributed by atoms with Crippen LogP contribution < -0.4 is 15.0 Å². The van der Waals surface area contributed by atoms with E-state index in [1.54, 1.807) is 27.7 Å². The van der Waals surface area contributed by atoms with Gasteiger partial charge in [0.05, 0.1) is 6.04 Å². The van der Waals surface area contributed by atoms with Crippen LogP contribution in [0.4, 0.5) is 28.6 Å². The van der Waals surface area contributed by atoms with Gasteiger partial charge < -0.3 is 14.8 Å². The molecule has 0 aliphatic carbocycles. The van der Waals surface area contributed by atoms with Crippen molar-refractivity contribution in [3.8, 4) is 5.75 Å². The molecule has 2 rings (SSSR count). The van der Waals surface area contributed by atoms with E-state index >= 15 is 0 Å². The first-order chi connectivity index (χ1) is 11.4. The van der Waals surface area contributed by atoms with Crippen molar-refractivity contribution in [3.63, 3.8) is 0 Å². The Morgan fingerprint density at radius 1 is 1.36 bits per heavy atom. The van der Waals surface area contributed by atoms with Crippen LogP contribution in [0.2, 0.25) is 0 Å². The second-order valence-corrected chi connectivity index (χ2v) is 6.60. The predicted molar refractivity (Wildman–Crippen MR) is 81.4 cm³/mol. The van der Waals surface area contributed by atoms with E-state index in [1.165, 1.54) is 0 Å². The lowest BCUT2D eigenvalue weighted by atomic mass is 10.1. The number of amides is 2. The second-order valence-electron chi connectivity index (χ2n) is 6.60. The Morgan fingerprint density at radius 3 is 2.48 bits per heavy atom. The fraction of sp³-hybridized carbons (Fsp3) is 0.533. The molecule has 1 aliphatic rings. The SMILES string of the molecule is C[C@H]1COC(=O)N1c1cc(OC(=O)NC(C)(C)C)cc(C(F)(F)F)n1. The van der Waals surface area contributed by atoms with E-state index in [2.05, 4.69) is 10.3 Å². The molecule has 2 amide bonds. The van der Waals surface area contributed by atoms with Crippen LogP contribution >= 0.6 is 0 Å². The van der Waals surface area contributed by atoms with Gasteiger partial charge in [0.1, 0.15) is 18.2 Å². The molecule has 10 heteroatoms. The standard InChI is InChI=1S/C15H18F3N3O4/c1-8-7-24-13(23)21(8)11-6-9(5-10(19-11)15(16,17)18)25-12(22)20-14(2,3)4/h5-6,8H,7H2,1-4H3,(H,20,22)/t8-/m0/s1. The lowest BCUT2D eigenvalue weighted by molar-refractivity contribution is -0.141. The number of carbonyl (C=O) groups excluding carboxylic acids is 2. The first-order valence-electron chi connectivity index (χ1n) is 7.42. The number of aromatic nitrogens is 1. The maximum Gasteiger partial charge on any atom is 0.433 e. The molecule has 0 unspecified atom stereocenters. The van der Waals surface area contributed by atoms with Crippen molar-refractivity contribution < 1.29 is 32.2 Å². The number of rotatable bonds is 2. The van der Waals surface area contributed by atoms with E-state index in [0.717, 1.165) is 11.0 Å². The van der Waals surface area contributed by atoms with Crippen LogP contribution in [-0.2, 0) is 10.9 Å². The Labute approximate surface area is 142 Å². The largest absolute Gasteiger partial charge is 0.447 e. The maximum atomic E-state index is 13.1. The van der Waals surface area contributed by atoms with E-state index in [9.17, 15) is 22.8 Å². The number of alkyl halides is 3. The van der Waals surface area contributed by atoms with E-state index in [4.69, 9.17) is 9.47 Å². The highest BCUT2D eigenvalue weighted by Gasteiger charge is 2.37. The zero-order valence-corrected chi connectivity index (χ0v) is 14.1. The molecule has 2 heterocycles. The Balaban J connectivity index is 2.38. The molecule has 0 aromatic carbocycles. The number of hydrogen-bond donors (Lipinski definition) is 1. The van der Waals surface area contributed by atoms with Gasteiger partial charge in [-0.1, -0.05) is 0 Å². The molecule has 138 valence electrons. The van der Waals surface area contributed by atoms with Crippen LogP contribution in [0.1, 0.15) is 33.4 Å². The van der Waals surface area contributed by atoms with Gasteiger partial charge in [-0.3, -0.25) is 4.90 Å². The molecule has 1 atom stereocenters. The summed E-state index contributed by atoms with van der Waals surface area (Å²) in [6, 6.07) is 1.18. The first kappa shape index (κ1) is 18.8. The molecule has 25 heavy (non-hydrogen) atoms.